The van der Waals surface area contributed by atoms with Crippen molar-refractivity contribution in [3.8, 4) is 5.75 Å². The summed E-state index contributed by atoms with van der Waals surface area (Å²) in [6, 6.07) is 15.6. The Hall–Kier alpha value is -2.24. The Morgan fingerprint density at radius 3 is 2.56 bits per heavy atom. The fraction of sp³-hybridized carbons (Fsp3) is 0.167. The van der Waals surface area contributed by atoms with Gasteiger partial charge in [-0.3, -0.25) is 4.79 Å². The highest BCUT2D eigenvalue weighted by molar-refractivity contribution is 7.66. The van der Waals surface area contributed by atoms with Gasteiger partial charge in [0.05, 0.1) is 25.0 Å². The van der Waals surface area contributed by atoms with Crippen LogP contribution < -0.4 is 14.7 Å². The maximum absolute atomic E-state index is 13.3. The molecule has 1 heterocycles. The zero-order chi connectivity index (χ0) is 17.9. The van der Waals surface area contributed by atoms with Crippen LogP contribution in [0.3, 0.4) is 0 Å². The number of rotatable bonds is 5. The van der Waals surface area contributed by atoms with Gasteiger partial charge in [-0.2, -0.15) is 4.52 Å². The number of benzene rings is 2. The molecule has 0 aliphatic carbocycles. The molecule has 0 saturated heterocycles. The standard InChI is InChI=1S/C18H18NO5P/c1-23-25(22)18(17(21)14-9-5-6-10-15(14)24-25)16(19-11-12-20)13-7-3-2-4-8-13/h2-10,19-20H,11-12H2,1H3/b18-16+. The molecule has 3 rings (SSSR count). The van der Waals surface area contributed by atoms with Crippen LogP contribution in [0.15, 0.2) is 59.9 Å². The van der Waals surface area contributed by atoms with Crippen LogP contribution in [0.5, 0.6) is 5.75 Å². The highest BCUT2D eigenvalue weighted by Crippen LogP contribution is 2.64. The summed E-state index contributed by atoms with van der Waals surface area (Å²) >= 11 is 0. The molecule has 0 spiro atoms. The van der Waals surface area contributed by atoms with Crippen molar-refractivity contribution in [2.75, 3.05) is 20.3 Å². The van der Waals surface area contributed by atoms with Gasteiger partial charge in [-0.1, -0.05) is 42.5 Å². The number of hydrogen-bond donors (Lipinski definition) is 2. The normalized spacial score (nSPS) is 21.3. The molecule has 0 saturated carbocycles. The number of hydrogen-bond acceptors (Lipinski definition) is 6. The van der Waals surface area contributed by atoms with Gasteiger partial charge in [0.2, 0.25) is 11.1 Å². The van der Waals surface area contributed by atoms with E-state index in [2.05, 4.69) is 5.32 Å². The molecule has 1 aliphatic heterocycles. The highest BCUT2D eigenvalue weighted by atomic mass is 31.2. The molecule has 0 radical (unpaired) electrons. The summed E-state index contributed by atoms with van der Waals surface area (Å²) in [5.41, 5.74) is 1.30. The molecule has 130 valence electrons. The minimum absolute atomic E-state index is 0.0617. The van der Waals surface area contributed by atoms with E-state index < -0.39 is 13.7 Å². The van der Waals surface area contributed by atoms with Gasteiger partial charge in [0.25, 0.3) is 0 Å². The van der Waals surface area contributed by atoms with Crippen molar-refractivity contribution in [1.29, 1.82) is 0 Å². The molecule has 2 aromatic rings. The van der Waals surface area contributed by atoms with E-state index >= 15 is 0 Å². The number of nitrogens with one attached hydrogen (secondary N) is 1. The van der Waals surface area contributed by atoms with Gasteiger partial charge < -0.3 is 19.8 Å². The molecular formula is C18H18NO5P. The number of para-hydroxylation sites is 1. The lowest BCUT2D eigenvalue weighted by atomic mass is 10.1. The van der Waals surface area contributed by atoms with Crippen LogP contribution in [0.4, 0.5) is 0 Å². The summed E-state index contributed by atoms with van der Waals surface area (Å²) in [5.74, 6) is -0.188. The summed E-state index contributed by atoms with van der Waals surface area (Å²) in [6.45, 7) is 0.0406. The fourth-order valence-corrected chi connectivity index (χ4v) is 4.27. The Balaban J connectivity index is 2.24. The number of aliphatic hydroxyl groups is 1. The summed E-state index contributed by atoms with van der Waals surface area (Å²) in [4.78, 5) is 26.3. The predicted molar refractivity (Wildman–Crippen MR) is 93.8 cm³/mol. The van der Waals surface area contributed by atoms with Gasteiger partial charge in [-0.15, -0.1) is 0 Å². The molecule has 2 aromatic carbocycles. The highest BCUT2D eigenvalue weighted by Gasteiger charge is 2.49. The van der Waals surface area contributed by atoms with Crippen molar-refractivity contribution in [3.63, 3.8) is 0 Å². The van der Waals surface area contributed by atoms with E-state index in [9.17, 15) is 9.69 Å². The van der Waals surface area contributed by atoms with E-state index in [0.717, 1.165) is 0 Å². The van der Waals surface area contributed by atoms with Crippen molar-refractivity contribution < 1.29 is 23.8 Å². The van der Waals surface area contributed by atoms with E-state index in [1.807, 2.05) is 6.07 Å². The molecule has 1 unspecified atom stereocenters. The van der Waals surface area contributed by atoms with E-state index in [1.165, 1.54) is 7.11 Å². The van der Waals surface area contributed by atoms with Crippen LogP contribution in [0, 0.1) is 0 Å². The number of fused-ring (bicyclic) bond motifs is 1. The molecule has 0 amide bonds. The maximum Gasteiger partial charge on any atom is 0.324 e. The maximum atomic E-state index is 13.3. The molecule has 0 fully saturated rings. The number of carbonyl (C=O) groups is 1. The third-order valence-corrected chi connectivity index (χ3v) is 5.68. The minimum Gasteiger partial charge on any atom is -0.620 e. The first-order chi connectivity index (χ1) is 12.1. The average Bonchev–Trinajstić information content (AvgIpc) is 2.65. The molecule has 0 bridgehead atoms. The van der Waals surface area contributed by atoms with Crippen LogP contribution in [-0.4, -0.2) is 31.2 Å². The second kappa shape index (κ2) is 7.33. The number of carbonyl (C=O) groups excluding carboxylic acids is 1. The van der Waals surface area contributed by atoms with Gasteiger partial charge in [0.15, 0.2) is 5.75 Å². The van der Waals surface area contributed by atoms with Crippen LogP contribution in [0.1, 0.15) is 15.9 Å². The molecule has 7 heteroatoms. The fourth-order valence-electron chi connectivity index (χ4n) is 2.65. The minimum atomic E-state index is -3.87. The first-order valence-electron chi connectivity index (χ1n) is 7.75. The van der Waals surface area contributed by atoms with Crippen molar-refractivity contribution in [3.05, 3.63) is 71.0 Å². The van der Waals surface area contributed by atoms with Crippen LogP contribution >= 0.6 is 7.94 Å². The number of allylic oxidation sites excluding steroid dienone is 1. The Kier molecular flexibility index (Phi) is 5.16. The predicted octanol–water partition coefficient (Wildman–Crippen LogP) is 1.98. The lowest BCUT2D eigenvalue weighted by Crippen LogP contribution is -2.31. The molecule has 0 aromatic heterocycles. The van der Waals surface area contributed by atoms with Gasteiger partial charge >= 0.3 is 7.94 Å². The number of ketones is 1. The second-order valence-electron chi connectivity index (χ2n) is 5.34. The van der Waals surface area contributed by atoms with Crippen molar-refractivity contribution in [2.24, 2.45) is 0 Å². The summed E-state index contributed by atoms with van der Waals surface area (Å²) < 4.78 is 10.7. The van der Waals surface area contributed by atoms with Crippen molar-refractivity contribution >= 4 is 19.4 Å². The largest absolute Gasteiger partial charge is 0.620 e. The lowest BCUT2D eigenvalue weighted by molar-refractivity contribution is -0.205. The molecule has 2 N–H and O–H groups in total. The number of Topliss-reactive ketones (excluding diaryl/α,β-unsaturated/α-hetero) is 1. The SMILES string of the molecule is CO[P+]1([O-])Oc2ccccc2C(=O)/C1=C(\NCCO)c1ccccc1. The van der Waals surface area contributed by atoms with E-state index in [4.69, 9.17) is 14.2 Å². The first kappa shape index (κ1) is 17.6. The van der Waals surface area contributed by atoms with Gasteiger partial charge in [0, 0.05) is 12.1 Å². The van der Waals surface area contributed by atoms with E-state index in [1.54, 1.807) is 48.5 Å². The van der Waals surface area contributed by atoms with Crippen molar-refractivity contribution in [1.82, 2.24) is 5.32 Å². The molecule has 1 aliphatic rings. The third-order valence-electron chi connectivity index (χ3n) is 3.79. The zero-order valence-electron chi connectivity index (χ0n) is 13.6. The van der Waals surface area contributed by atoms with Crippen LogP contribution in [-0.2, 0) is 4.52 Å². The topological polar surface area (TPSA) is 90.8 Å². The number of aliphatic hydroxyl groups excluding tert-OH is 1. The third kappa shape index (κ3) is 3.30. The van der Waals surface area contributed by atoms with Crippen LogP contribution in [0.2, 0.25) is 0 Å². The average molecular weight is 359 g/mol. The first-order valence-corrected chi connectivity index (χ1v) is 9.29. The Morgan fingerprint density at radius 1 is 1.20 bits per heavy atom. The Bertz CT molecular complexity index is 808. The molecular weight excluding hydrogens is 341 g/mol. The van der Waals surface area contributed by atoms with E-state index in [0.29, 0.717) is 16.8 Å². The van der Waals surface area contributed by atoms with Crippen LogP contribution in [0.25, 0.3) is 5.70 Å². The molecule has 1 atom stereocenters. The summed E-state index contributed by atoms with van der Waals surface area (Å²) in [5, 5.41) is 12.1. The van der Waals surface area contributed by atoms with Gasteiger partial charge in [-0.05, 0) is 12.1 Å². The Morgan fingerprint density at radius 2 is 1.88 bits per heavy atom. The molecule has 25 heavy (non-hydrogen) atoms. The summed E-state index contributed by atoms with van der Waals surface area (Å²) in [6.07, 6.45) is 0. The van der Waals surface area contributed by atoms with Gasteiger partial charge in [-0.25, -0.2) is 0 Å². The molecule has 6 nitrogen and oxygen atoms in total. The van der Waals surface area contributed by atoms with Crippen molar-refractivity contribution in [2.45, 2.75) is 0 Å². The smallest absolute Gasteiger partial charge is 0.324 e. The Labute approximate surface area is 146 Å². The summed E-state index contributed by atoms with van der Waals surface area (Å²) in [7, 11) is -2.62. The lowest BCUT2D eigenvalue weighted by Gasteiger charge is -2.32. The monoisotopic (exact) mass is 359 g/mol. The quantitative estimate of drug-likeness (QED) is 0.627. The van der Waals surface area contributed by atoms with E-state index in [-0.39, 0.29) is 24.2 Å². The zero-order valence-corrected chi connectivity index (χ0v) is 14.5. The van der Waals surface area contributed by atoms with Gasteiger partial charge in [0.1, 0.15) is 0 Å². The second-order valence-corrected chi connectivity index (χ2v) is 7.33.